The summed E-state index contributed by atoms with van der Waals surface area (Å²) in [6, 6.07) is -0.855. The Labute approximate surface area is 208 Å². The second-order valence-corrected chi connectivity index (χ2v) is 11.6. The van der Waals surface area contributed by atoms with E-state index in [-0.39, 0.29) is 29.9 Å². The maximum Gasteiger partial charge on any atom is 0.333 e. The van der Waals surface area contributed by atoms with Crippen LogP contribution in [0.4, 0.5) is 0 Å². The number of piperidine rings is 1. The van der Waals surface area contributed by atoms with Crippen molar-refractivity contribution in [3.63, 3.8) is 0 Å². The zero-order valence-corrected chi connectivity index (χ0v) is 23.4. The molecule has 34 heavy (non-hydrogen) atoms. The number of likely N-dealkylation sites (N-methyl/N-ethyl adjacent to an activating group) is 1. The summed E-state index contributed by atoms with van der Waals surface area (Å²) < 4.78 is 5.12. The molecule has 0 bridgehead atoms. The molecule has 0 aromatic rings. The topological polar surface area (TPSA) is 82.1 Å². The first-order valence-electron chi connectivity index (χ1n) is 13.0. The molecular weight excluding hydrogens is 430 g/mol. The second-order valence-electron chi connectivity index (χ2n) is 11.6. The number of nitrogens with one attached hydrogen (secondary N) is 1. The van der Waals surface area contributed by atoms with Gasteiger partial charge in [-0.05, 0) is 50.5 Å². The largest absolute Gasteiger partial charge is 0.463 e. The first-order chi connectivity index (χ1) is 15.7. The Kier molecular flexibility index (Phi) is 12.2. The monoisotopic (exact) mass is 481 g/mol. The van der Waals surface area contributed by atoms with E-state index in [1.165, 1.54) is 0 Å². The average molecular weight is 482 g/mol. The van der Waals surface area contributed by atoms with Crippen LogP contribution in [-0.4, -0.2) is 77.9 Å². The molecule has 4 atom stereocenters. The average Bonchev–Trinajstić information content (AvgIpc) is 2.73. The minimum atomic E-state index is -0.796. The van der Waals surface area contributed by atoms with Crippen molar-refractivity contribution in [2.45, 2.75) is 106 Å². The number of hydrogen-bond acceptors (Lipinski definition) is 6. The zero-order chi connectivity index (χ0) is 26.2. The van der Waals surface area contributed by atoms with E-state index >= 15 is 0 Å². The van der Waals surface area contributed by atoms with Gasteiger partial charge >= 0.3 is 5.97 Å². The minimum absolute atomic E-state index is 0.00837. The number of likely N-dealkylation sites (tertiary alicyclic amines) is 1. The molecule has 1 aliphatic heterocycles. The Bertz CT molecular complexity index is 684. The molecule has 1 amide bonds. The van der Waals surface area contributed by atoms with Gasteiger partial charge < -0.3 is 14.7 Å². The third-order valence-electron chi connectivity index (χ3n) is 6.57. The van der Waals surface area contributed by atoms with Crippen LogP contribution in [0.3, 0.4) is 0 Å². The van der Waals surface area contributed by atoms with Gasteiger partial charge in [-0.1, -0.05) is 61.0 Å². The molecule has 1 heterocycles. The first-order valence-corrected chi connectivity index (χ1v) is 13.0. The van der Waals surface area contributed by atoms with Gasteiger partial charge in [-0.2, -0.15) is 0 Å². The summed E-state index contributed by atoms with van der Waals surface area (Å²) in [6.45, 7) is 20.2. The van der Waals surface area contributed by atoms with Gasteiger partial charge in [0.05, 0.1) is 18.7 Å². The quantitative estimate of drug-likeness (QED) is 0.265. The standard InChI is InChI=1S/C27H51N3O4/c1-11-34-26(33)20(6)16-22(19(4)5)29(10)25(32)23(27(7,8)9)28-24(31)21-14-12-13-15-30(21)17-18(2)3/h16,18-19,21-24,28,31H,11-15,17H2,1-10H3/b20-16+/t21?,22-,23?,24?/m1/s1. The third kappa shape index (κ3) is 8.97. The molecule has 7 nitrogen and oxygen atoms in total. The van der Waals surface area contributed by atoms with Crippen molar-refractivity contribution in [3.05, 3.63) is 11.6 Å². The maximum atomic E-state index is 13.8. The second kappa shape index (κ2) is 13.6. The van der Waals surface area contributed by atoms with E-state index in [1.54, 1.807) is 25.8 Å². The van der Waals surface area contributed by atoms with E-state index in [0.717, 1.165) is 32.4 Å². The summed E-state index contributed by atoms with van der Waals surface area (Å²) in [5, 5.41) is 14.6. The van der Waals surface area contributed by atoms with Crippen LogP contribution in [0.25, 0.3) is 0 Å². The van der Waals surface area contributed by atoms with Crippen LogP contribution in [0.2, 0.25) is 0 Å². The maximum absolute atomic E-state index is 13.8. The summed E-state index contributed by atoms with van der Waals surface area (Å²) in [6.07, 6.45) is 4.16. The lowest BCUT2D eigenvalue weighted by molar-refractivity contribution is -0.140. The van der Waals surface area contributed by atoms with Crippen LogP contribution in [0, 0.1) is 17.3 Å². The predicted octanol–water partition coefficient (Wildman–Crippen LogP) is 3.81. The lowest BCUT2D eigenvalue weighted by Gasteiger charge is -2.43. The van der Waals surface area contributed by atoms with Crippen LogP contribution in [0.15, 0.2) is 11.6 Å². The van der Waals surface area contributed by atoms with Gasteiger partial charge in [0.25, 0.3) is 0 Å². The summed E-state index contributed by atoms with van der Waals surface area (Å²) in [5.74, 6) is 0.158. The SMILES string of the molecule is CCOC(=O)/C(C)=C/[C@H](C(C)C)N(C)C(=O)C(NC(O)C1CCCCN1CC(C)C)C(C)(C)C. The number of ether oxygens (including phenoxy) is 1. The van der Waals surface area contributed by atoms with Gasteiger partial charge in [0, 0.05) is 25.2 Å². The van der Waals surface area contributed by atoms with Gasteiger partial charge in [0.2, 0.25) is 5.91 Å². The number of amides is 1. The molecule has 0 spiro atoms. The fraction of sp³-hybridized carbons (Fsp3) is 0.852. The number of carbonyl (C=O) groups excluding carboxylic acids is 2. The predicted molar refractivity (Wildman–Crippen MR) is 138 cm³/mol. The van der Waals surface area contributed by atoms with E-state index < -0.39 is 17.7 Å². The molecule has 3 unspecified atom stereocenters. The molecule has 1 saturated heterocycles. The van der Waals surface area contributed by atoms with E-state index in [4.69, 9.17) is 4.74 Å². The van der Waals surface area contributed by atoms with Crippen molar-refractivity contribution in [2.75, 3.05) is 26.7 Å². The van der Waals surface area contributed by atoms with E-state index in [0.29, 0.717) is 18.1 Å². The highest BCUT2D eigenvalue weighted by Gasteiger charge is 2.39. The number of aliphatic hydroxyl groups excluding tert-OH is 1. The van der Waals surface area contributed by atoms with Gasteiger partial charge in [0.15, 0.2) is 0 Å². The van der Waals surface area contributed by atoms with Crippen LogP contribution in [0.5, 0.6) is 0 Å². The van der Waals surface area contributed by atoms with Crippen molar-refractivity contribution in [1.82, 2.24) is 15.1 Å². The number of nitrogens with zero attached hydrogens (tertiary/aromatic N) is 2. The molecule has 0 radical (unpaired) electrons. The molecule has 0 saturated carbocycles. The van der Waals surface area contributed by atoms with Crippen LogP contribution in [0.1, 0.15) is 81.6 Å². The van der Waals surface area contributed by atoms with Crippen molar-refractivity contribution in [2.24, 2.45) is 17.3 Å². The Morgan fingerprint density at radius 3 is 2.32 bits per heavy atom. The van der Waals surface area contributed by atoms with Gasteiger partial charge in [-0.3, -0.25) is 15.0 Å². The van der Waals surface area contributed by atoms with E-state index in [9.17, 15) is 14.7 Å². The Morgan fingerprint density at radius 1 is 1.21 bits per heavy atom. The molecule has 198 valence electrons. The molecule has 0 aromatic heterocycles. The number of esters is 1. The van der Waals surface area contributed by atoms with Crippen molar-refractivity contribution < 1.29 is 19.4 Å². The normalized spacial score (nSPS) is 20.9. The summed E-state index contributed by atoms with van der Waals surface area (Å²) >= 11 is 0. The van der Waals surface area contributed by atoms with Crippen molar-refractivity contribution >= 4 is 11.9 Å². The number of aliphatic hydroxyl groups is 1. The van der Waals surface area contributed by atoms with Gasteiger partial charge in [-0.25, -0.2) is 4.79 Å². The number of rotatable bonds is 11. The van der Waals surface area contributed by atoms with Gasteiger partial charge in [0.1, 0.15) is 6.23 Å². The zero-order valence-electron chi connectivity index (χ0n) is 23.4. The smallest absolute Gasteiger partial charge is 0.333 e. The molecular formula is C27H51N3O4. The molecule has 1 fully saturated rings. The fourth-order valence-corrected chi connectivity index (χ4v) is 4.71. The molecule has 0 aromatic carbocycles. The molecule has 0 aliphatic carbocycles. The van der Waals surface area contributed by atoms with Crippen LogP contribution < -0.4 is 5.32 Å². The summed E-state index contributed by atoms with van der Waals surface area (Å²) in [4.78, 5) is 30.0. The Balaban J connectivity index is 3.13. The minimum Gasteiger partial charge on any atom is -0.463 e. The third-order valence-corrected chi connectivity index (χ3v) is 6.57. The molecule has 7 heteroatoms. The number of carbonyl (C=O) groups is 2. The summed E-state index contributed by atoms with van der Waals surface area (Å²) in [7, 11) is 1.78. The van der Waals surface area contributed by atoms with Crippen molar-refractivity contribution in [1.29, 1.82) is 0 Å². The highest BCUT2D eigenvalue weighted by molar-refractivity contribution is 5.88. The first kappa shape index (κ1) is 30.6. The van der Waals surface area contributed by atoms with Crippen LogP contribution >= 0.6 is 0 Å². The fourth-order valence-electron chi connectivity index (χ4n) is 4.71. The lowest BCUT2D eigenvalue weighted by atomic mass is 9.84. The van der Waals surface area contributed by atoms with Crippen LogP contribution in [-0.2, 0) is 14.3 Å². The number of hydrogen-bond donors (Lipinski definition) is 2. The highest BCUT2D eigenvalue weighted by atomic mass is 16.5. The van der Waals surface area contributed by atoms with Gasteiger partial charge in [-0.15, -0.1) is 0 Å². The van der Waals surface area contributed by atoms with E-state index in [2.05, 4.69) is 24.1 Å². The Morgan fingerprint density at radius 2 is 1.82 bits per heavy atom. The lowest BCUT2D eigenvalue weighted by Crippen LogP contribution is -2.62. The Hall–Kier alpha value is -1.44. The highest BCUT2D eigenvalue weighted by Crippen LogP contribution is 2.26. The molecule has 2 N–H and O–H groups in total. The van der Waals surface area contributed by atoms with E-state index in [1.807, 2.05) is 40.7 Å². The summed E-state index contributed by atoms with van der Waals surface area (Å²) in [5.41, 5.74) is 0.0812. The van der Waals surface area contributed by atoms with Crippen molar-refractivity contribution in [3.8, 4) is 0 Å². The molecule has 1 aliphatic rings. The molecule has 1 rings (SSSR count).